The van der Waals surface area contributed by atoms with Crippen molar-refractivity contribution in [3.05, 3.63) is 65.1 Å². The summed E-state index contributed by atoms with van der Waals surface area (Å²) in [5.41, 5.74) is -0.302. The third-order valence-electron chi connectivity index (χ3n) is 3.42. The Morgan fingerprint density at radius 1 is 1.20 bits per heavy atom. The Labute approximate surface area is 146 Å². The first-order chi connectivity index (χ1) is 11.8. The van der Waals surface area contributed by atoms with Crippen LogP contribution in [0.25, 0.3) is 10.9 Å². The van der Waals surface area contributed by atoms with Crippen molar-refractivity contribution < 1.29 is 22.7 Å². The summed E-state index contributed by atoms with van der Waals surface area (Å²) in [5, 5.41) is 9.16. The second kappa shape index (κ2) is 6.30. The van der Waals surface area contributed by atoms with Gasteiger partial charge >= 0.3 is 5.97 Å². The Bertz CT molecular complexity index is 1100. The van der Waals surface area contributed by atoms with E-state index in [2.05, 4.69) is 9.71 Å². The first-order valence-electron chi connectivity index (χ1n) is 6.88. The minimum Gasteiger partial charge on any atom is -0.478 e. The summed E-state index contributed by atoms with van der Waals surface area (Å²) in [5.74, 6) is -1.93. The van der Waals surface area contributed by atoms with E-state index in [-0.39, 0.29) is 32.1 Å². The number of aromatic carboxylic acids is 1. The van der Waals surface area contributed by atoms with Gasteiger partial charge in [0.25, 0.3) is 10.0 Å². The number of nitrogens with one attached hydrogen (secondary N) is 1. The summed E-state index contributed by atoms with van der Waals surface area (Å²) in [6, 6.07) is 8.76. The maximum atomic E-state index is 13.8. The molecule has 0 saturated carbocycles. The van der Waals surface area contributed by atoms with E-state index in [9.17, 15) is 17.6 Å². The molecular weight excluding hydrogens is 371 g/mol. The molecule has 0 fully saturated rings. The normalized spacial score (nSPS) is 11.4. The van der Waals surface area contributed by atoms with Gasteiger partial charge in [-0.2, -0.15) is 0 Å². The Morgan fingerprint density at radius 3 is 2.68 bits per heavy atom. The van der Waals surface area contributed by atoms with Crippen LogP contribution < -0.4 is 4.72 Å². The lowest BCUT2D eigenvalue weighted by Gasteiger charge is -2.11. The van der Waals surface area contributed by atoms with E-state index in [1.54, 1.807) is 0 Å². The van der Waals surface area contributed by atoms with E-state index in [4.69, 9.17) is 16.7 Å². The number of benzene rings is 2. The van der Waals surface area contributed by atoms with Gasteiger partial charge in [-0.05, 0) is 42.5 Å². The monoisotopic (exact) mass is 380 g/mol. The molecule has 6 nitrogen and oxygen atoms in total. The van der Waals surface area contributed by atoms with Gasteiger partial charge in [-0.15, -0.1) is 0 Å². The number of carboxylic acid groups (broad SMARTS) is 1. The fourth-order valence-electron chi connectivity index (χ4n) is 2.31. The van der Waals surface area contributed by atoms with Crippen molar-refractivity contribution in [3.8, 4) is 0 Å². The van der Waals surface area contributed by atoms with Crippen LogP contribution in [0.1, 0.15) is 10.4 Å². The van der Waals surface area contributed by atoms with Crippen LogP contribution in [0.4, 0.5) is 10.1 Å². The number of pyridine rings is 1. The van der Waals surface area contributed by atoms with Gasteiger partial charge in [0.15, 0.2) is 0 Å². The summed E-state index contributed by atoms with van der Waals surface area (Å²) in [7, 11) is -4.10. The molecule has 0 unspecified atom stereocenters. The molecule has 0 aliphatic rings. The van der Waals surface area contributed by atoms with E-state index in [0.29, 0.717) is 0 Å². The molecule has 2 N–H and O–H groups in total. The van der Waals surface area contributed by atoms with Crippen LogP contribution in [0, 0.1) is 5.82 Å². The molecule has 0 amide bonds. The summed E-state index contributed by atoms with van der Waals surface area (Å²) < 4.78 is 41.4. The molecule has 0 aliphatic carbocycles. The third-order valence-corrected chi connectivity index (χ3v) is 5.19. The standard InChI is InChI=1S/C16H10ClFN2O4S/c17-12-4-3-9(8-11(12)16(21)22)20-25(23,24)14-6-5-13(18)15-10(14)2-1-7-19-15/h1-8,20H,(H,21,22). The zero-order chi connectivity index (χ0) is 18.2. The number of nitrogens with zero attached hydrogens (tertiary/aromatic N) is 1. The topological polar surface area (TPSA) is 96.4 Å². The van der Waals surface area contributed by atoms with E-state index in [1.807, 2.05) is 0 Å². The highest BCUT2D eigenvalue weighted by molar-refractivity contribution is 7.93. The number of hydrogen-bond donors (Lipinski definition) is 2. The molecule has 9 heteroatoms. The second-order valence-corrected chi connectivity index (χ2v) is 7.11. The molecule has 2 aromatic carbocycles. The van der Waals surface area contributed by atoms with Crippen LogP contribution in [0.3, 0.4) is 0 Å². The molecule has 3 aromatic rings. The highest BCUT2D eigenvalue weighted by Crippen LogP contribution is 2.27. The van der Waals surface area contributed by atoms with Crippen molar-refractivity contribution in [1.82, 2.24) is 4.98 Å². The van der Waals surface area contributed by atoms with Gasteiger partial charge in [0.1, 0.15) is 11.3 Å². The molecule has 1 aromatic heterocycles. The Morgan fingerprint density at radius 2 is 1.96 bits per heavy atom. The lowest BCUT2D eigenvalue weighted by Crippen LogP contribution is -2.14. The first kappa shape index (κ1) is 17.1. The number of carbonyl (C=O) groups is 1. The fraction of sp³-hybridized carbons (Fsp3) is 0. The summed E-state index contributed by atoms with van der Waals surface area (Å²) in [4.78, 5) is 14.8. The van der Waals surface area contributed by atoms with Crippen LogP contribution >= 0.6 is 11.6 Å². The predicted octanol–water partition coefficient (Wildman–Crippen LogP) is 3.53. The highest BCUT2D eigenvalue weighted by atomic mass is 35.5. The molecule has 0 radical (unpaired) electrons. The van der Waals surface area contributed by atoms with Gasteiger partial charge in [0.05, 0.1) is 15.5 Å². The smallest absolute Gasteiger partial charge is 0.337 e. The van der Waals surface area contributed by atoms with Gasteiger partial charge in [-0.1, -0.05) is 11.6 Å². The third kappa shape index (κ3) is 3.26. The molecule has 25 heavy (non-hydrogen) atoms. The van der Waals surface area contributed by atoms with E-state index in [0.717, 1.165) is 18.2 Å². The number of anilines is 1. The number of aromatic nitrogens is 1. The zero-order valence-corrected chi connectivity index (χ0v) is 14.0. The summed E-state index contributed by atoms with van der Waals surface area (Å²) >= 11 is 5.77. The number of halogens is 2. The van der Waals surface area contributed by atoms with Gasteiger partial charge in [-0.3, -0.25) is 9.71 Å². The van der Waals surface area contributed by atoms with Crippen LogP contribution in [0.15, 0.2) is 53.6 Å². The van der Waals surface area contributed by atoms with Crippen molar-refractivity contribution in [2.45, 2.75) is 4.90 Å². The molecule has 0 saturated heterocycles. The number of fused-ring (bicyclic) bond motifs is 1. The SMILES string of the molecule is O=C(O)c1cc(NS(=O)(=O)c2ccc(F)c3ncccc23)ccc1Cl. The van der Waals surface area contributed by atoms with E-state index >= 15 is 0 Å². The maximum Gasteiger partial charge on any atom is 0.337 e. The van der Waals surface area contributed by atoms with Gasteiger partial charge in [0, 0.05) is 17.3 Å². The average Bonchev–Trinajstić information content (AvgIpc) is 2.56. The second-order valence-electron chi connectivity index (χ2n) is 5.05. The predicted molar refractivity (Wildman–Crippen MR) is 90.9 cm³/mol. The van der Waals surface area contributed by atoms with Crippen molar-refractivity contribution in [3.63, 3.8) is 0 Å². The van der Waals surface area contributed by atoms with Crippen LogP contribution in [0.2, 0.25) is 5.02 Å². The molecule has 3 rings (SSSR count). The van der Waals surface area contributed by atoms with Crippen molar-refractivity contribution >= 4 is 44.2 Å². The molecule has 0 spiro atoms. The minimum absolute atomic E-state index is 0.0168. The van der Waals surface area contributed by atoms with Gasteiger partial charge < -0.3 is 5.11 Å². The lowest BCUT2D eigenvalue weighted by molar-refractivity contribution is 0.0697. The van der Waals surface area contributed by atoms with Crippen molar-refractivity contribution in [1.29, 1.82) is 0 Å². The number of sulfonamides is 1. The zero-order valence-electron chi connectivity index (χ0n) is 12.4. The van der Waals surface area contributed by atoms with Gasteiger partial charge in [-0.25, -0.2) is 17.6 Å². The molecule has 0 atom stereocenters. The molecular formula is C16H10ClFN2O4S. The first-order valence-corrected chi connectivity index (χ1v) is 8.74. The Balaban J connectivity index is 2.08. The quantitative estimate of drug-likeness (QED) is 0.721. The Kier molecular flexibility index (Phi) is 4.32. The molecule has 0 bridgehead atoms. The summed E-state index contributed by atoms with van der Waals surface area (Å²) in [6.45, 7) is 0. The van der Waals surface area contributed by atoms with Crippen molar-refractivity contribution in [2.24, 2.45) is 0 Å². The lowest BCUT2D eigenvalue weighted by atomic mass is 10.2. The Hall–Kier alpha value is -2.71. The van der Waals surface area contributed by atoms with Crippen molar-refractivity contribution in [2.75, 3.05) is 4.72 Å². The van der Waals surface area contributed by atoms with E-state index in [1.165, 1.54) is 30.5 Å². The van der Waals surface area contributed by atoms with Crippen LogP contribution in [-0.2, 0) is 10.0 Å². The maximum absolute atomic E-state index is 13.8. The van der Waals surface area contributed by atoms with Crippen LogP contribution in [0.5, 0.6) is 0 Å². The molecule has 1 heterocycles. The molecule has 128 valence electrons. The molecule has 0 aliphatic heterocycles. The van der Waals surface area contributed by atoms with E-state index < -0.39 is 21.8 Å². The van der Waals surface area contributed by atoms with Crippen LogP contribution in [-0.4, -0.2) is 24.5 Å². The number of rotatable bonds is 4. The highest BCUT2D eigenvalue weighted by Gasteiger charge is 2.20. The number of hydrogen-bond acceptors (Lipinski definition) is 4. The van der Waals surface area contributed by atoms with Gasteiger partial charge in [0.2, 0.25) is 0 Å². The number of carboxylic acids is 1. The summed E-state index contributed by atoms with van der Waals surface area (Å²) in [6.07, 6.45) is 1.35. The largest absolute Gasteiger partial charge is 0.478 e. The average molecular weight is 381 g/mol. The fourth-order valence-corrected chi connectivity index (χ4v) is 3.76. The minimum atomic E-state index is -4.10.